The van der Waals surface area contributed by atoms with E-state index in [1.165, 1.54) is 23.9 Å². The van der Waals surface area contributed by atoms with Crippen LogP contribution in [0.1, 0.15) is 28.8 Å². The van der Waals surface area contributed by atoms with Crippen LogP contribution in [0.5, 0.6) is 5.88 Å². The fraction of sp³-hybridized carbons (Fsp3) is 0.200. The molecule has 2 aromatic rings. The van der Waals surface area contributed by atoms with Crippen LogP contribution in [0, 0.1) is 0 Å². The van der Waals surface area contributed by atoms with Crippen molar-refractivity contribution in [3.05, 3.63) is 59.8 Å². The summed E-state index contributed by atoms with van der Waals surface area (Å²) in [6.45, 7) is 2.51. The molecule has 4 heteroatoms. The minimum Gasteiger partial charge on any atom is -0.478 e. The average molecular weight is 257 g/mol. The Kier molecular flexibility index (Phi) is 4.13. The summed E-state index contributed by atoms with van der Waals surface area (Å²) >= 11 is 0. The number of hydrogen-bond acceptors (Lipinski definition) is 3. The predicted octanol–water partition coefficient (Wildman–Crippen LogP) is 2.96. The summed E-state index contributed by atoms with van der Waals surface area (Å²) in [5, 5.41) is 8.88. The Morgan fingerprint density at radius 2 is 2.05 bits per heavy atom. The van der Waals surface area contributed by atoms with Crippen LogP contribution in [-0.2, 0) is 0 Å². The van der Waals surface area contributed by atoms with Gasteiger partial charge in [0.2, 0.25) is 5.88 Å². The van der Waals surface area contributed by atoms with Crippen molar-refractivity contribution in [3.63, 3.8) is 0 Å². The number of aromatic nitrogens is 1. The highest BCUT2D eigenvalue weighted by Gasteiger charge is 2.08. The zero-order valence-corrected chi connectivity index (χ0v) is 10.6. The predicted molar refractivity (Wildman–Crippen MR) is 71.5 cm³/mol. The fourth-order valence-corrected chi connectivity index (χ4v) is 1.71. The molecular formula is C15H15NO3. The van der Waals surface area contributed by atoms with Crippen molar-refractivity contribution in [2.75, 3.05) is 6.61 Å². The van der Waals surface area contributed by atoms with E-state index in [1.54, 1.807) is 0 Å². The van der Waals surface area contributed by atoms with Gasteiger partial charge in [0.1, 0.15) is 0 Å². The van der Waals surface area contributed by atoms with Crippen molar-refractivity contribution in [2.45, 2.75) is 12.8 Å². The summed E-state index contributed by atoms with van der Waals surface area (Å²) in [5.41, 5.74) is 1.36. The Morgan fingerprint density at radius 3 is 2.74 bits per heavy atom. The third-order valence-electron chi connectivity index (χ3n) is 2.83. The molecule has 19 heavy (non-hydrogen) atoms. The molecule has 1 aromatic carbocycles. The summed E-state index contributed by atoms with van der Waals surface area (Å²) < 4.78 is 5.54. The first kappa shape index (κ1) is 13.1. The number of ether oxygens (including phenoxy) is 1. The smallest absolute Gasteiger partial charge is 0.335 e. The van der Waals surface area contributed by atoms with Gasteiger partial charge in [0.15, 0.2) is 0 Å². The van der Waals surface area contributed by atoms with Crippen LogP contribution in [0.15, 0.2) is 48.7 Å². The summed E-state index contributed by atoms with van der Waals surface area (Å²) in [7, 11) is 0. The maximum atomic E-state index is 10.8. The van der Waals surface area contributed by atoms with Gasteiger partial charge in [-0.3, -0.25) is 0 Å². The van der Waals surface area contributed by atoms with Gasteiger partial charge in [0, 0.05) is 18.2 Å². The van der Waals surface area contributed by atoms with Gasteiger partial charge in [-0.25, -0.2) is 9.78 Å². The number of hydrogen-bond donors (Lipinski definition) is 1. The van der Waals surface area contributed by atoms with E-state index in [4.69, 9.17) is 9.84 Å². The highest BCUT2D eigenvalue weighted by molar-refractivity contribution is 5.87. The number of carboxylic acid groups (broad SMARTS) is 1. The topological polar surface area (TPSA) is 59.4 Å². The van der Waals surface area contributed by atoms with Gasteiger partial charge in [-0.05, 0) is 11.6 Å². The molecule has 0 saturated carbocycles. The first-order valence-corrected chi connectivity index (χ1v) is 6.04. The largest absolute Gasteiger partial charge is 0.478 e. The van der Waals surface area contributed by atoms with Gasteiger partial charge in [-0.2, -0.15) is 0 Å². The summed E-state index contributed by atoms with van der Waals surface area (Å²) in [5.74, 6) is -0.428. The minimum absolute atomic E-state index is 0.178. The Bertz CT molecular complexity index is 554. The van der Waals surface area contributed by atoms with Crippen LogP contribution < -0.4 is 4.74 Å². The molecule has 98 valence electrons. The van der Waals surface area contributed by atoms with Gasteiger partial charge < -0.3 is 9.84 Å². The third-order valence-corrected chi connectivity index (χ3v) is 2.83. The number of pyridine rings is 1. The molecule has 1 heterocycles. The number of carbonyl (C=O) groups is 1. The molecule has 0 aliphatic rings. The molecule has 1 N–H and O–H groups in total. The standard InChI is InChI=1S/C15H15NO3/c1-11(12-5-3-2-4-6-12)10-19-14-9-13(15(17)18)7-8-16-14/h2-9,11H,10H2,1H3,(H,17,18). The second-order valence-electron chi connectivity index (χ2n) is 4.31. The summed E-state index contributed by atoms with van der Waals surface area (Å²) in [6.07, 6.45) is 1.44. The van der Waals surface area contributed by atoms with E-state index in [-0.39, 0.29) is 11.5 Å². The first-order chi connectivity index (χ1) is 9.16. The fourth-order valence-electron chi connectivity index (χ4n) is 1.71. The van der Waals surface area contributed by atoms with Crippen LogP contribution in [0.3, 0.4) is 0 Å². The molecule has 1 unspecified atom stereocenters. The van der Waals surface area contributed by atoms with Gasteiger partial charge in [0.05, 0.1) is 12.2 Å². The second-order valence-corrected chi connectivity index (χ2v) is 4.31. The van der Waals surface area contributed by atoms with Crippen LogP contribution >= 0.6 is 0 Å². The lowest BCUT2D eigenvalue weighted by atomic mass is 10.0. The molecule has 0 aliphatic carbocycles. The SMILES string of the molecule is CC(COc1cc(C(=O)O)ccn1)c1ccccc1. The number of carboxylic acids is 1. The van der Waals surface area contributed by atoms with Crippen LogP contribution in [0.4, 0.5) is 0 Å². The lowest BCUT2D eigenvalue weighted by molar-refractivity contribution is 0.0696. The highest BCUT2D eigenvalue weighted by atomic mass is 16.5. The Labute approximate surface area is 111 Å². The van der Waals surface area contributed by atoms with E-state index >= 15 is 0 Å². The quantitative estimate of drug-likeness (QED) is 0.894. The zero-order chi connectivity index (χ0) is 13.7. The Balaban J connectivity index is 1.99. The van der Waals surface area contributed by atoms with E-state index < -0.39 is 5.97 Å². The molecule has 1 aromatic heterocycles. The van der Waals surface area contributed by atoms with Gasteiger partial charge >= 0.3 is 5.97 Å². The number of benzene rings is 1. The molecule has 0 aliphatic heterocycles. The molecule has 0 saturated heterocycles. The molecule has 0 bridgehead atoms. The van der Waals surface area contributed by atoms with Gasteiger partial charge in [-0.1, -0.05) is 37.3 Å². The molecule has 4 nitrogen and oxygen atoms in total. The van der Waals surface area contributed by atoms with E-state index in [1.807, 2.05) is 30.3 Å². The van der Waals surface area contributed by atoms with Gasteiger partial charge in [-0.15, -0.1) is 0 Å². The third kappa shape index (κ3) is 3.55. The van der Waals surface area contributed by atoms with Crippen molar-refractivity contribution in [3.8, 4) is 5.88 Å². The Morgan fingerprint density at radius 1 is 1.32 bits per heavy atom. The van der Waals surface area contributed by atoms with Crippen LogP contribution in [0.2, 0.25) is 0 Å². The van der Waals surface area contributed by atoms with Crippen molar-refractivity contribution >= 4 is 5.97 Å². The second kappa shape index (κ2) is 6.00. The number of rotatable bonds is 5. The lowest BCUT2D eigenvalue weighted by Gasteiger charge is -2.12. The van der Waals surface area contributed by atoms with Crippen molar-refractivity contribution in [1.29, 1.82) is 0 Å². The van der Waals surface area contributed by atoms with Crippen molar-refractivity contribution in [1.82, 2.24) is 4.98 Å². The monoisotopic (exact) mass is 257 g/mol. The Hall–Kier alpha value is -2.36. The summed E-state index contributed by atoms with van der Waals surface area (Å²) in [4.78, 5) is 14.8. The molecule has 0 amide bonds. The number of aromatic carboxylic acids is 1. The lowest BCUT2D eigenvalue weighted by Crippen LogP contribution is -2.08. The van der Waals surface area contributed by atoms with Crippen molar-refractivity contribution < 1.29 is 14.6 Å². The van der Waals surface area contributed by atoms with E-state index in [2.05, 4.69) is 11.9 Å². The first-order valence-electron chi connectivity index (χ1n) is 6.04. The summed E-state index contributed by atoms with van der Waals surface area (Å²) in [6, 6.07) is 12.9. The molecule has 0 spiro atoms. The molecule has 1 atom stereocenters. The molecule has 2 rings (SSSR count). The maximum Gasteiger partial charge on any atom is 0.335 e. The van der Waals surface area contributed by atoms with Crippen LogP contribution in [-0.4, -0.2) is 22.7 Å². The zero-order valence-electron chi connectivity index (χ0n) is 10.6. The minimum atomic E-state index is -0.983. The molecule has 0 fully saturated rings. The number of nitrogens with zero attached hydrogens (tertiary/aromatic N) is 1. The van der Waals surface area contributed by atoms with Gasteiger partial charge in [0.25, 0.3) is 0 Å². The molecule has 0 radical (unpaired) electrons. The molecular weight excluding hydrogens is 242 g/mol. The normalized spacial score (nSPS) is 11.8. The van der Waals surface area contributed by atoms with Crippen LogP contribution in [0.25, 0.3) is 0 Å². The van der Waals surface area contributed by atoms with E-state index in [0.717, 1.165) is 0 Å². The average Bonchev–Trinajstić information content (AvgIpc) is 2.46. The van der Waals surface area contributed by atoms with E-state index in [0.29, 0.717) is 12.5 Å². The highest BCUT2D eigenvalue weighted by Crippen LogP contribution is 2.17. The van der Waals surface area contributed by atoms with Crippen molar-refractivity contribution in [2.24, 2.45) is 0 Å². The maximum absolute atomic E-state index is 10.8. The van der Waals surface area contributed by atoms with E-state index in [9.17, 15) is 4.79 Å².